The number of hydrogen-bond donors (Lipinski definition) is 1. The highest BCUT2D eigenvalue weighted by Crippen LogP contribution is 2.24. The number of anilines is 1. The van der Waals surface area contributed by atoms with Crippen LogP contribution in [-0.2, 0) is 6.54 Å². The molecule has 0 heterocycles. The number of rotatable bonds is 5. The normalized spacial score (nSPS) is 10.3. The van der Waals surface area contributed by atoms with E-state index in [1.165, 1.54) is 0 Å². The molecule has 0 atom stereocenters. The van der Waals surface area contributed by atoms with Gasteiger partial charge in [-0.3, -0.25) is 0 Å². The summed E-state index contributed by atoms with van der Waals surface area (Å²) in [7, 11) is 0. The molecule has 0 bridgehead atoms. The Balaban J connectivity index is 2.10. The molecule has 0 unspecified atom stereocenters. The van der Waals surface area contributed by atoms with E-state index in [4.69, 9.17) is 16.3 Å². The first-order valence-electron chi connectivity index (χ1n) is 6.10. The standard InChI is InChI=1S/C15H15ClINO/c1-2-19-15-6-4-3-5-11(15)10-18-14-8-7-12(16)9-13(14)17/h3-9,18H,2,10H2,1H3. The van der Waals surface area contributed by atoms with Gasteiger partial charge in [0.15, 0.2) is 0 Å². The van der Waals surface area contributed by atoms with Gasteiger partial charge in [0.05, 0.1) is 6.61 Å². The molecule has 0 saturated carbocycles. The third kappa shape index (κ3) is 4.01. The van der Waals surface area contributed by atoms with Crippen molar-refractivity contribution in [1.29, 1.82) is 0 Å². The second-order valence-corrected chi connectivity index (χ2v) is 5.62. The van der Waals surface area contributed by atoms with E-state index in [-0.39, 0.29) is 0 Å². The molecule has 1 N–H and O–H groups in total. The zero-order chi connectivity index (χ0) is 13.7. The van der Waals surface area contributed by atoms with Crippen molar-refractivity contribution in [2.45, 2.75) is 13.5 Å². The fourth-order valence-corrected chi connectivity index (χ4v) is 2.83. The van der Waals surface area contributed by atoms with E-state index >= 15 is 0 Å². The Morgan fingerprint density at radius 2 is 2.00 bits per heavy atom. The molecule has 100 valence electrons. The average molecular weight is 388 g/mol. The highest BCUT2D eigenvalue weighted by atomic mass is 127. The first kappa shape index (κ1) is 14.5. The van der Waals surface area contributed by atoms with Gasteiger partial charge in [0.25, 0.3) is 0 Å². The molecule has 0 spiro atoms. The fraction of sp³-hybridized carbons (Fsp3) is 0.200. The summed E-state index contributed by atoms with van der Waals surface area (Å²) in [6.45, 7) is 3.40. The smallest absolute Gasteiger partial charge is 0.124 e. The minimum atomic E-state index is 0.676. The Hall–Kier alpha value is -0.940. The number of para-hydroxylation sites is 1. The van der Waals surface area contributed by atoms with Crippen molar-refractivity contribution in [2.75, 3.05) is 11.9 Å². The number of ether oxygens (including phenoxy) is 1. The van der Waals surface area contributed by atoms with E-state index in [9.17, 15) is 0 Å². The maximum absolute atomic E-state index is 5.95. The molecule has 0 aliphatic heterocycles. The molecule has 0 aromatic heterocycles. The van der Waals surface area contributed by atoms with Gasteiger partial charge in [-0.2, -0.15) is 0 Å². The third-order valence-corrected chi connectivity index (χ3v) is 3.80. The second-order valence-electron chi connectivity index (χ2n) is 4.02. The largest absolute Gasteiger partial charge is 0.494 e. The Kier molecular flexibility index (Phi) is 5.34. The molecule has 0 fully saturated rings. The van der Waals surface area contributed by atoms with Crippen molar-refractivity contribution in [1.82, 2.24) is 0 Å². The highest BCUT2D eigenvalue weighted by Gasteiger charge is 2.04. The topological polar surface area (TPSA) is 21.3 Å². The van der Waals surface area contributed by atoms with Gasteiger partial charge in [0.2, 0.25) is 0 Å². The van der Waals surface area contributed by atoms with E-state index in [0.29, 0.717) is 6.61 Å². The number of benzene rings is 2. The van der Waals surface area contributed by atoms with Crippen LogP contribution in [0.4, 0.5) is 5.69 Å². The minimum Gasteiger partial charge on any atom is -0.494 e. The van der Waals surface area contributed by atoms with Crippen molar-refractivity contribution in [3.8, 4) is 5.75 Å². The lowest BCUT2D eigenvalue weighted by molar-refractivity contribution is 0.337. The van der Waals surface area contributed by atoms with Crippen molar-refractivity contribution in [3.63, 3.8) is 0 Å². The molecule has 0 amide bonds. The predicted molar refractivity (Wildman–Crippen MR) is 89.1 cm³/mol. The van der Waals surface area contributed by atoms with Crippen LogP contribution in [0.2, 0.25) is 5.02 Å². The maximum atomic E-state index is 5.95. The van der Waals surface area contributed by atoms with Crippen molar-refractivity contribution >= 4 is 39.9 Å². The van der Waals surface area contributed by atoms with E-state index in [2.05, 4.69) is 34.0 Å². The van der Waals surface area contributed by atoms with Crippen LogP contribution in [-0.4, -0.2) is 6.61 Å². The molecule has 2 aromatic carbocycles. The molecule has 0 saturated heterocycles. The molecule has 2 nitrogen and oxygen atoms in total. The SMILES string of the molecule is CCOc1ccccc1CNc1ccc(Cl)cc1I. The molecule has 2 rings (SSSR count). The van der Waals surface area contributed by atoms with Crippen LogP contribution >= 0.6 is 34.2 Å². The highest BCUT2D eigenvalue weighted by molar-refractivity contribution is 14.1. The van der Waals surface area contributed by atoms with Gasteiger partial charge in [-0.05, 0) is 53.8 Å². The average Bonchev–Trinajstić information content (AvgIpc) is 2.40. The van der Waals surface area contributed by atoms with Crippen LogP contribution in [0.1, 0.15) is 12.5 Å². The van der Waals surface area contributed by atoms with Crippen molar-refractivity contribution in [3.05, 3.63) is 56.6 Å². The van der Waals surface area contributed by atoms with Gasteiger partial charge in [-0.1, -0.05) is 29.8 Å². The van der Waals surface area contributed by atoms with E-state index < -0.39 is 0 Å². The summed E-state index contributed by atoms with van der Waals surface area (Å²) in [4.78, 5) is 0. The Morgan fingerprint density at radius 3 is 2.74 bits per heavy atom. The van der Waals surface area contributed by atoms with Crippen LogP contribution in [0.25, 0.3) is 0 Å². The summed E-state index contributed by atoms with van der Waals surface area (Å²) in [6, 6.07) is 13.9. The molecule has 2 aromatic rings. The van der Waals surface area contributed by atoms with Gasteiger partial charge < -0.3 is 10.1 Å². The van der Waals surface area contributed by atoms with E-state index in [0.717, 1.165) is 32.1 Å². The summed E-state index contributed by atoms with van der Waals surface area (Å²) >= 11 is 8.22. The van der Waals surface area contributed by atoms with Gasteiger partial charge >= 0.3 is 0 Å². The quantitative estimate of drug-likeness (QED) is 0.733. The van der Waals surface area contributed by atoms with Gasteiger partial charge in [0.1, 0.15) is 5.75 Å². The number of halogens is 2. The Bertz CT molecular complexity index is 560. The molecule has 0 aliphatic carbocycles. The van der Waals surface area contributed by atoms with Crippen LogP contribution in [0.15, 0.2) is 42.5 Å². The molecular weight excluding hydrogens is 373 g/mol. The van der Waals surface area contributed by atoms with Crippen LogP contribution in [0.3, 0.4) is 0 Å². The van der Waals surface area contributed by atoms with Crippen molar-refractivity contribution in [2.24, 2.45) is 0 Å². The minimum absolute atomic E-state index is 0.676. The summed E-state index contributed by atoms with van der Waals surface area (Å²) in [5, 5.41) is 4.16. The van der Waals surface area contributed by atoms with E-state index in [1.807, 2.05) is 43.3 Å². The maximum Gasteiger partial charge on any atom is 0.124 e. The first-order valence-corrected chi connectivity index (χ1v) is 7.56. The van der Waals surface area contributed by atoms with Gasteiger partial charge in [-0.15, -0.1) is 0 Å². The Labute approximate surface area is 132 Å². The van der Waals surface area contributed by atoms with Gasteiger partial charge in [-0.25, -0.2) is 0 Å². The summed E-state index contributed by atoms with van der Waals surface area (Å²) < 4.78 is 6.72. The zero-order valence-corrected chi connectivity index (χ0v) is 13.5. The summed E-state index contributed by atoms with van der Waals surface area (Å²) in [6.07, 6.45) is 0. The van der Waals surface area contributed by atoms with Crippen LogP contribution in [0.5, 0.6) is 5.75 Å². The summed E-state index contributed by atoms with van der Waals surface area (Å²) in [5.74, 6) is 0.932. The fourth-order valence-electron chi connectivity index (χ4n) is 1.77. The second kappa shape index (κ2) is 7.01. The molecule has 19 heavy (non-hydrogen) atoms. The van der Waals surface area contributed by atoms with Crippen LogP contribution in [0, 0.1) is 3.57 Å². The lowest BCUT2D eigenvalue weighted by Crippen LogP contribution is -2.04. The predicted octanol–water partition coefficient (Wildman–Crippen LogP) is 4.96. The summed E-state index contributed by atoms with van der Waals surface area (Å²) in [5.41, 5.74) is 2.23. The molecular formula is C15H15ClINO. The molecule has 4 heteroatoms. The van der Waals surface area contributed by atoms with Crippen LogP contribution < -0.4 is 10.1 Å². The zero-order valence-electron chi connectivity index (χ0n) is 10.6. The van der Waals surface area contributed by atoms with Crippen molar-refractivity contribution < 1.29 is 4.74 Å². The van der Waals surface area contributed by atoms with E-state index in [1.54, 1.807) is 0 Å². The number of hydrogen-bond acceptors (Lipinski definition) is 2. The Morgan fingerprint density at radius 1 is 1.21 bits per heavy atom. The molecule has 0 radical (unpaired) electrons. The van der Waals surface area contributed by atoms with Gasteiger partial charge in [0, 0.05) is 26.4 Å². The first-order chi connectivity index (χ1) is 9.20. The lowest BCUT2D eigenvalue weighted by atomic mass is 10.2. The number of nitrogens with one attached hydrogen (secondary N) is 1. The lowest BCUT2D eigenvalue weighted by Gasteiger charge is -2.12. The third-order valence-electron chi connectivity index (χ3n) is 2.67. The monoisotopic (exact) mass is 387 g/mol. The molecule has 0 aliphatic rings.